The Morgan fingerprint density at radius 3 is 2.76 bits per heavy atom. The summed E-state index contributed by atoms with van der Waals surface area (Å²) < 4.78 is 33.5. The molecule has 0 fully saturated rings. The number of hydrogen-bond donors (Lipinski definition) is 2. The smallest absolute Gasteiger partial charge is 0.244 e. The van der Waals surface area contributed by atoms with E-state index in [9.17, 15) is 8.42 Å². The van der Waals surface area contributed by atoms with Crippen LogP contribution in [0.5, 0.6) is 5.75 Å². The lowest BCUT2D eigenvalue weighted by molar-refractivity contribution is 0.280. The van der Waals surface area contributed by atoms with E-state index in [1.807, 2.05) is 0 Å². The monoisotopic (exact) mass is 312 g/mol. The molecular formula is C12H16N4O4S. The summed E-state index contributed by atoms with van der Waals surface area (Å²) in [4.78, 5) is 3.94. The Bertz CT molecular complexity index is 727. The van der Waals surface area contributed by atoms with Crippen LogP contribution in [0.25, 0.3) is 0 Å². The van der Waals surface area contributed by atoms with Crippen molar-refractivity contribution in [3.63, 3.8) is 0 Å². The minimum Gasteiger partial charge on any atom is -0.495 e. The number of ether oxygens (including phenoxy) is 1. The zero-order chi connectivity index (χ0) is 15.5. The Kier molecular flexibility index (Phi) is 4.56. The average molecular weight is 312 g/mol. The van der Waals surface area contributed by atoms with Crippen molar-refractivity contribution in [3.8, 4) is 5.75 Å². The van der Waals surface area contributed by atoms with Crippen LogP contribution < -0.4 is 9.46 Å². The lowest BCUT2D eigenvalue weighted by Gasteiger charge is -2.11. The molecule has 0 aliphatic carbocycles. The summed E-state index contributed by atoms with van der Waals surface area (Å²) in [5.41, 5.74) is 0.567. The van der Waals surface area contributed by atoms with Crippen molar-refractivity contribution < 1.29 is 18.3 Å². The fraction of sp³-hybridized carbons (Fsp3) is 0.333. The van der Waals surface area contributed by atoms with Gasteiger partial charge in [-0.3, -0.25) is 4.68 Å². The van der Waals surface area contributed by atoms with Crippen molar-refractivity contribution in [2.75, 3.05) is 7.11 Å². The van der Waals surface area contributed by atoms with E-state index in [-0.39, 0.29) is 23.8 Å². The Labute approximate surface area is 122 Å². The molecule has 2 rings (SSSR count). The topological polar surface area (TPSA) is 106 Å². The number of methoxy groups -OCH3 is 1. The normalized spacial score (nSPS) is 11.6. The maximum absolute atomic E-state index is 12.3. The highest BCUT2D eigenvalue weighted by Crippen LogP contribution is 2.25. The van der Waals surface area contributed by atoms with Crippen LogP contribution in [0.1, 0.15) is 11.4 Å². The van der Waals surface area contributed by atoms with Crippen molar-refractivity contribution >= 4 is 10.0 Å². The van der Waals surface area contributed by atoms with E-state index in [4.69, 9.17) is 9.84 Å². The van der Waals surface area contributed by atoms with E-state index in [0.717, 1.165) is 0 Å². The van der Waals surface area contributed by atoms with Crippen molar-refractivity contribution in [2.45, 2.75) is 18.0 Å². The first kappa shape index (κ1) is 15.4. The third kappa shape index (κ3) is 3.57. The van der Waals surface area contributed by atoms with Gasteiger partial charge in [0.1, 0.15) is 17.0 Å². The van der Waals surface area contributed by atoms with Gasteiger partial charge >= 0.3 is 0 Å². The molecule has 1 heterocycles. The predicted octanol–water partition coefficient (Wildman–Crippen LogP) is -0.206. The standard InChI is InChI=1S/C12H16N4O4S/c1-16-8-13-12(15-16)6-14-21(18,19)11-4-3-9(7-17)5-10(11)20-2/h3-5,8,14,17H,6-7H2,1-2H3. The van der Waals surface area contributed by atoms with Gasteiger partial charge in [0, 0.05) is 7.05 Å². The molecule has 0 spiro atoms. The highest BCUT2D eigenvalue weighted by molar-refractivity contribution is 7.89. The van der Waals surface area contributed by atoms with Gasteiger partial charge < -0.3 is 9.84 Å². The third-order valence-electron chi connectivity index (χ3n) is 2.77. The van der Waals surface area contributed by atoms with Crippen LogP contribution in [0, 0.1) is 0 Å². The van der Waals surface area contributed by atoms with E-state index in [2.05, 4.69) is 14.8 Å². The minimum absolute atomic E-state index is 0.00173. The van der Waals surface area contributed by atoms with Gasteiger partial charge in [-0.25, -0.2) is 18.1 Å². The molecule has 0 aliphatic rings. The molecule has 1 aromatic heterocycles. The summed E-state index contributed by atoms with van der Waals surface area (Å²) in [6, 6.07) is 4.39. The zero-order valence-electron chi connectivity index (χ0n) is 11.6. The summed E-state index contributed by atoms with van der Waals surface area (Å²) in [5.74, 6) is 0.537. The van der Waals surface area contributed by atoms with Gasteiger partial charge in [-0.15, -0.1) is 0 Å². The first-order chi connectivity index (χ1) is 9.96. The molecule has 0 unspecified atom stereocenters. The van der Waals surface area contributed by atoms with E-state index in [1.165, 1.54) is 36.3 Å². The summed E-state index contributed by atoms with van der Waals surface area (Å²) in [6.07, 6.45) is 1.49. The summed E-state index contributed by atoms with van der Waals surface area (Å²) in [5, 5.41) is 13.1. The fourth-order valence-electron chi connectivity index (χ4n) is 1.73. The van der Waals surface area contributed by atoms with E-state index in [1.54, 1.807) is 7.05 Å². The lowest BCUT2D eigenvalue weighted by Crippen LogP contribution is -2.24. The maximum Gasteiger partial charge on any atom is 0.244 e. The molecule has 8 nitrogen and oxygen atoms in total. The van der Waals surface area contributed by atoms with Gasteiger partial charge in [0.2, 0.25) is 10.0 Å². The SMILES string of the molecule is COc1cc(CO)ccc1S(=O)(=O)NCc1ncn(C)n1. The molecule has 0 radical (unpaired) electrons. The second kappa shape index (κ2) is 6.20. The second-order valence-corrected chi connectivity index (χ2v) is 6.04. The highest BCUT2D eigenvalue weighted by Gasteiger charge is 2.20. The molecule has 0 bridgehead atoms. The number of aliphatic hydroxyl groups excluding tert-OH is 1. The van der Waals surface area contributed by atoms with Crippen LogP contribution >= 0.6 is 0 Å². The summed E-state index contributed by atoms with van der Waals surface area (Å²) in [6.45, 7) is -0.212. The van der Waals surface area contributed by atoms with Crippen LogP contribution in [0.2, 0.25) is 0 Å². The number of hydrogen-bond acceptors (Lipinski definition) is 6. The Balaban J connectivity index is 2.22. The van der Waals surface area contributed by atoms with E-state index in [0.29, 0.717) is 11.4 Å². The molecule has 0 aliphatic heterocycles. The number of benzene rings is 1. The quantitative estimate of drug-likeness (QED) is 0.765. The molecule has 9 heteroatoms. The molecule has 0 amide bonds. The first-order valence-corrected chi connectivity index (χ1v) is 7.56. The van der Waals surface area contributed by atoms with Crippen LogP contribution in [0.3, 0.4) is 0 Å². The molecule has 114 valence electrons. The van der Waals surface area contributed by atoms with Crippen LogP contribution in [0.4, 0.5) is 0 Å². The highest BCUT2D eigenvalue weighted by atomic mass is 32.2. The number of nitrogens with one attached hydrogen (secondary N) is 1. The van der Waals surface area contributed by atoms with Crippen LogP contribution in [0.15, 0.2) is 29.4 Å². The molecule has 1 aromatic carbocycles. The number of rotatable bonds is 6. The van der Waals surface area contributed by atoms with E-state index >= 15 is 0 Å². The molecular weight excluding hydrogens is 296 g/mol. The molecule has 2 aromatic rings. The summed E-state index contributed by atoms with van der Waals surface area (Å²) in [7, 11) is -0.696. The minimum atomic E-state index is -3.76. The van der Waals surface area contributed by atoms with Gasteiger partial charge in [0.15, 0.2) is 5.82 Å². The Morgan fingerprint density at radius 1 is 1.43 bits per heavy atom. The number of aromatic nitrogens is 3. The predicted molar refractivity (Wildman–Crippen MR) is 73.9 cm³/mol. The number of aryl methyl sites for hydroxylation is 1. The van der Waals surface area contributed by atoms with Gasteiger partial charge in [-0.1, -0.05) is 6.07 Å². The molecule has 0 saturated heterocycles. The molecule has 2 N–H and O–H groups in total. The van der Waals surface area contributed by atoms with Gasteiger partial charge in [0.25, 0.3) is 0 Å². The van der Waals surface area contributed by atoms with Crippen LogP contribution in [-0.2, 0) is 30.2 Å². The lowest BCUT2D eigenvalue weighted by atomic mass is 10.2. The maximum atomic E-state index is 12.3. The van der Waals surface area contributed by atoms with Gasteiger partial charge in [0.05, 0.1) is 20.3 Å². The number of nitrogens with zero attached hydrogens (tertiary/aromatic N) is 3. The largest absolute Gasteiger partial charge is 0.495 e. The zero-order valence-corrected chi connectivity index (χ0v) is 12.5. The number of aliphatic hydroxyl groups is 1. The Hall–Kier alpha value is -1.97. The van der Waals surface area contributed by atoms with E-state index < -0.39 is 10.0 Å². The molecule has 21 heavy (non-hydrogen) atoms. The Morgan fingerprint density at radius 2 is 2.19 bits per heavy atom. The first-order valence-electron chi connectivity index (χ1n) is 6.08. The van der Waals surface area contributed by atoms with Gasteiger partial charge in [-0.2, -0.15) is 5.10 Å². The molecule has 0 saturated carbocycles. The average Bonchev–Trinajstić information content (AvgIpc) is 2.90. The van der Waals surface area contributed by atoms with Gasteiger partial charge in [-0.05, 0) is 17.7 Å². The van der Waals surface area contributed by atoms with Crippen molar-refractivity contribution in [3.05, 3.63) is 35.9 Å². The van der Waals surface area contributed by atoms with Crippen molar-refractivity contribution in [1.29, 1.82) is 0 Å². The third-order valence-corrected chi connectivity index (χ3v) is 4.21. The van der Waals surface area contributed by atoms with Crippen molar-refractivity contribution in [1.82, 2.24) is 19.5 Å². The van der Waals surface area contributed by atoms with Crippen molar-refractivity contribution in [2.24, 2.45) is 7.05 Å². The number of sulfonamides is 1. The van der Waals surface area contributed by atoms with Crippen LogP contribution in [-0.4, -0.2) is 35.4 Å². The molecule has 0 atom stereocenters. The summed E-state index contributed by atoms with van der Waals surface area (Å²) >= 11 is 0. The second-order valence-electron chi connectivity index (χ2n) is 4.30. The fourth-order valence-corrected chi connectivity index (χ4v) is 2.86.